The Labute approximate surface area is 235 Å². The molecule has 0 atom stereocenters. The molecule has 1 saturated heterocycles. The molecule has 0 unspecified atom stereocenters. The molecule has 5 rings (SSSR count). The van der Waals surface area contributed by atoms with E-state index in [4.69, 9.17) is 28.7 Å². The molecule has 2 heterocycles. The summed E-state index contributed by atoms with van der Waals surface area (Å²) in [6.45, 7) is 6.74. The first-order valence-corrected chi connectivity index (χ1v) is 13.8. The predicted octanol–water partition coefficient (Wildman–Crippen LogP) is 6.68. The largest absolute Gasteiger partial charge is 0.492 e. The Balaban J connectivity index is 1.36. The first-order valence-electron chi connectivity index (χ1n) is 13.8. The van der Waals surface area contributed by atoms with E-state index in [1.54, 1.807) is 25.1 Å². The van der Waals surface area contributed by atoms with E-state index in [2.05, 4.69) is 0 Å². The number of para-hydroxylation sites is 1. The third kappa shape index (κ3) is 6.72. The minimum Gasteiger partial charge on any atom is -0.492 e. The molecule has 208 valence electrons. The van der Waals surface area contributed by atoms with Crippen LogP contribution in [0.2, 0.25) is 0 Å². The van der Waals surface area contributed by atoms with Gasteiger partial charge in [-0.3, -0.25) is 0 Å². The summed E-state index contributed by atoms with van der Waals surface area (Å²) >= 11 is 0. The van der Waals surface area contributed by atoms with E-state index < -0.39 is 5.97 Å². The van der Waals surface area contributed by atoms with Gasteiger partial charge in [-0.1, -0.05) is 42.5 Å². The van der Waals surface area contributed by atoms with Gasteiger partial charge in [-0.2, -0.15) is 0 Å². The molecule has 0 spiro atoms. The lowest BCUT2D eigenvalue weighted by Gasteiger charge is -2.23. The first-order chi connectivity index (χ1) is 19.6. The molecular formula is C33H35NO6. The molecule has 0 N–H and O–H groups in total. The molecule has 4 aromatic rings. The Morgan fingerprint density at radius 1 is 0.925 bits per heavy atom. The number of nitrogens with zero attached hydrogens (tertiary/aromatic N) is 1. The Bertz CT molecular complexity index is 1430. The number of hydrogen-bond donors (Lipinski definition) is 0. The SMILES string of the molecule is CCOC(=O)c1ccc(OCc2nc3ccccc3c(OCc3ccccc3)c2C)cc1OCC1CCOCC1. The maximum Gasteiger partial charge on any atom is 0.341 e. The van der Waals surface area contributed by atoms with E-state index in [9.17, 15) is 4.79 Å². The van der Waals surface area contributed by atoms with Gasteiger partial charge in [0.15, 0.2) is 0 Å². The van der Waals surface area contributed by atoms with Crippen LogP contribution >= 0.6 is 0 Å². The molecule has 0 aliphatic carbocycles. The van der Waals surface area contributed by atoms with Crippen LogP contribution in [0.5, 0.6) is 17.2 Å². The minimum absolute atomic E-state index is 0.233. The number of pyridine rings is 1. The molecule has 1 aliphatic rings. The fraction of sp³-hybridized carbons (Fsp3) is 0.333. The zero-order valence-corrected chi connectivity index (χ0v) is 23.1. The molecular weight excluding hydrogens is 506 g/mol. The molecule has 7 nitrogen and oxygen atoms in total. The van der Waals surface area contributed by atoms with E-state index in [-0.39, 0.29) is 13.2 Å². The number of hydrogen-bond acceptors (Lipinski definition) is 7. The van der Waals surface area contributed by atoms with Crippen molar-refractivity contribution in [2.75, 3.05) is 26.4 Å². The van der Waals surface area contributed by atoms with E-state index in [0.717, 1.165) is 59.5 Å². The van der Waals surface area contributed by atoms with Gasteiger partial charge >= 0.3 is 5.97 Å². The average Bonchev–Trinajstić information content (AvgIpc) is 3.00. The van der Waals surface area contributed by atoms with E-state index in [0.29, 0.717) is 36.2 Å². The third-order valence-corrected chi connectivity index (χ3v) is 7.04. The van der Waals surface area contributed by atoms with Crippen LogP contribution in [0.15, 0.2) is 72.8 Å². The maximum atomic E-state index is 12.6. The number of carbonyl (C=O) groups is 1. The molecule has 7 heteroatoms. The molecule has 0 saturated carbocycles. The number of benzene rings is 3. The van der Waals surface area contributed by atoms with Crippen molar-refractivity contribution in [3.05, 3.63) is 95.2 Å². The van der Waals surface area contributed by atoms with Crippen molar-refractivity contribution in [1.82, 2.24) is 4.98 Å². The van der Waals surface area contributed by atoms with Gasteiger partial charge in [0.25, 0.3) is 0 Å². The fourth-order valence-electron chi connectivity index (χ4n) is 4.74. The zero-order valence-electron chi connectivity index (χ0n) is 23.1. The second-order valence-electron chi connectivity index (χ2n) is 9.84. The Morgan fingerprint density at radius 2 is 1.70 bits per heavy atom. The van der Waals surface area contributed by atoms with Crippen LogP contribution in [0.25, 0.3) is 10.9 Å². The lowest BCUT2D eigenvalue weighted by atomic mass is 10.0. The molecule has 3 aromatic carbocycles. The maximum absolute atomic E-state index is 12.6. The fourth-order valence-corrected chi connectivity index (χ4v) is 4.74. The number of fused-ring (bicyclic) bond motifs is 1. The predicted molar refractivity (Wildman–Crippen MR) is 153 cm³/mol. The third-order valence-electron chi connectivity index (χ3n) is 7.04. The number of ether oxygens (including phenoxy) is 5. The standard InChI is InChI=1S/C33H35NO6/c1-3-37-33(35)28-14-13-26(19-31(28)39-20-25-15-17-36-18-16-25)38-22-30-23(2)32(27-11-7-8-12-29(27)34-30)40-21-24-9-5-4-6-10-24/h4-14,19,25H,3,15-18,20-22H2,1-2H3. The van der Waals surface area contributed by atoms with Crippen LogP contribution in [-0.4, -0.2) is 37.4 Å². The van der Waals surface area contributed by atoms with E-state index in [1.807, 2.05) is 61.5 Å². The van der Waals surface area contributed by atoms with Gasteiger partial charge in [0.05, 0.1) is 24.4 Å². The summed E-state index contributed by atoms with van der Waals surface area (Å²) in [6, 6.07) is 23.3. The summed E-state index contributed by atoms with van der Waals surface area (Å²) in [5.41, 5.74) is 4.02. The average molecular weight is 542 g/mol. The topological polar surface area (TPSA) is 76.1 Å². The summed E-state index contributed by atoms with van der Waals surface area (Å²) in [4.78, 5) is 17.5. The molecule has 1 aliphatic heterocycles. The van der Waals surface area contributed by atoms with Crippen molar-refractivity contribution in [1.29, 1.82) is 0 Å². The Morgan fingerprint density at radius 3 is 2.50 bits per heavy atom. The van der Waals surface area contributed by atoms with Crippen molar-refractivity contribution in [3.8, 4) is 17.2 Å². The summed E-state index contributed by atoms with van der Waals surface area (Å²) < 4.78 is 29.4. The summed E-state index contributed by atoms with van der Waals surface area (Å²) in [7, 11) is 0. The summed E-state index contributed by atoms with van der Waals surface area (Å²) in [6.07, 6.45) is 1.87. The summed E-state index contributed by atoms with van der Waals surface area (Å²) in [5.74, 6) is 1.80. The smallest absolute Gasteiger partial charge is 0.341 e. The highest BCUT2D eigenvalue weighted by Crippen LogP contribution is 2.33. The van der Waals surface area contributed by atoms with Crippen molar-refractivity contribution in [2.24, 2.45) is 5.92 Å². The molecule has 40 heavy (non-hydrogen) atoms. The minimum atomic E-state index is -0.414. The van der Waals surface area contributed by atoms with Crippen LogP contribution in [-0.2, 0) is 22.7 Å². The van der Waals surface area contributed by atoms with Gasteiger partial charge < -0.3 is 23.7 Å². The van der Waals surface area contributed by atoms with Crippen LogP contribution in [0, 0.1) is 12.8 Å². The van der Waals surface area contributed by atoms with Crippen LogP contribution < -0.4 is 14.2 Å². The zero-order chi connectivity index (χ0) is 27.7. The quantitative estimate of drug-likeness (QED) is 0.196. The van der Waals surface area contributed by atoms with Crippen LogP contribution in [0.3, 0.4) is 0 Å². The van der Waals surface area contributed by atoms with Gasteiger partial charge in [-0.15, -0.1) is 0 Å². The van der Waals surface area contributed by atoms with Gasteiger partial charge in [0, 0.05) is 30.2 Å². The number of rotatable bonds is 11. The van der Waals surface area contributed by atoms with Crippen molar-refractivity contribution in [2.45, 2.75) is 39.9 Å². The van der Waals surface area contributed by atoms with E-state index >= 15 is 0 Å². The monoisotopic (exact) mass is 541 g/mol. The second kappa shape index (κ2) is 13.3. The van der Waals surface area contributed by atoms with Gasteiger partial charge in [0.1, 0.15) is 36.0 Å². The van der Waals surface area contributed by atoms with Crippen molar-refractivity contribution >= 4 is 16.9 Å². The van der Waals surface area contributed by atoms with Gasteiger partial charge in [-0.25, -0.2) is 9.78 Å². The first kappa shape index (κ1) is 27.5. The van der Waals surface area contributed by atoms with Crippen LogP contribution in [0.4, 0.5) is 0 Å². The van der Waals surface area contributed by atoms with Crippen LogP contribution in [0.1, 0.15) is 46.9 Å². The lowest BCUT2D eigenvalue weighted by Crippen LogP contribution is -2.22. The molecule has 1 aromatic heterocycles. The Kier molecular flexibility index (Phi) is 9.14. The highest BCUT2D eigenvalue weighted by Gasteiger charge is 2.20. The number of esters is 1. The second-order valence-corrected chi connectivity index (χ2v) is 9.84. The Hall–Kier alpha value is -4.10. The molecule has 1 fully saturated rings. The normalized spacial score (nSPS) is 13.7. The summed E-state index contributed by atoms with van der Waals surface area (Å²) in [5, 5.41) is 0.960. The highest BCUT2D eigenvalue weighted by atomic mass is 16.5. The van der Waals surface area contributed by atoms with Crippen molar-refractivity contribution in [3.63, 3.8) is 0 Å². The van der Waals surface area contributed by atoms with E-state index in [1.165, 1.54) is 0 Å². The molecule has 0 radical (unpaired) electrons. The van der Waals surface area contributed by atoms with Crippen molar-refractivity contribution < 1.29 is 28.5 Å². The number of aromatic nitrogens is 1. The lowest BCUT2D eigenvalue weighted by molar-refractivity contribution is 0.0467. The van der Waals surface area contributed by atoms with Gasteiger partial charge in [0.2, 0.25) is 0 Å². The number of carbonyl (C=O) groups excluding carboxylic acids is 1. The molecule has 0 amide bonds. The highest BCUT2D eigenvalue weighted by molar-refractivity contribution is 5.92. The van der Waals surface area contributed by atoms with Gasteiger partial charge in [-0.05, 0) is 62.4 Å². The molecule has 0 bridgehead atoms.